The maximum absolute atomic E-state index is 11.7. The lowest BCUT2D eigenvalue weighted by Crippen LogP contribution is -2.24. The molecule has 0 bridgehead atoms. The second-order valence-corrected chi connectivity index (χ2v) is 8.30. The van der Waals surface area contributed by atoms with Crippen LogP contribution in [-0.4, -0.2) is 38.6 Å². The molecule has 8 heteroatoms. The van der Waals surface area contributed by atoms with Crippen LogP contribution in [0, 0.1) is 12.8 Å². The van der Waals surface area contributed by atoms with Crippen LogP contribution in [0.25, 0.3) is 11.3 Å². The highest BCUT2D eigenvalue weighted by Crippen LogP contribution is 2.29. The molecule has 33 heavy (non-hydrogen) atoms. The van der Waals surface area contributed by atoms with Crippen LogP contribution < -0.4 is 10.6 Å². The van der Waals surface area contributed by atoms with Gasteiger partial charge >= 0.3 is 0 Å². The van der Waals surface area contributed by atoms with Gasteiger partial charge in [-0.1, -0.05) is 25.3 Å². The fourth-order valence-electron chi connectivity index (χ4n) is 3.92. The van der Waals surface area contributed by atoms with E-state index in [1.165, 1.54) is 32.1 Å². The number of carbonyl (C=O) groups excluding carboxylic acids is 1. The smallest absolute Gasteiger partial charge is 0.185 e. The first-order chi connectivity index (χ1) is 16.2. The fraction of sp³-hybridized carbons (Fsp3) is 0.360. The third kappa shape index (κ3) is 6.41. The number of aromatic nitrogens is 4. The summed E-state index contributed by atoms with van der Waals surface area (Å²) in [5.74, 6) is 2.23. The van der Waals surface area contributed by atoms with Crippen LogP contribution in [0.4, 0.5) is 11.5 Å². The zero-order chi connectivity index (χ0) is 22.9. The van der Waals surface area contributed by atoms with Crippen molar-refractivity contribution in [1.82, 2.24) is 25.3 Å². The van der Waals surface area contributed by atoms with Gasteiger partial charge in [-0.05, 0) is 49.4 Å². The second-order valence-electron chi connectivity index (χ2n) is 8.30. The molecule has 1 aliphatic carbocycles. The number of hydrogen-bond donors (Lipinski definition) is 2. The molecule has 0 atom stereocenters. The Balaban J connectivity index is 1.57. The van der Waals surface area contributed by atoms with E-state index in [9.17, 15) is 4.79 Å². The number of carbonyl (C=O) groups is 1. The van der Waals surface area contributed by atoms with E-state index in [2.05, 4.69) is 30.6 Å². The molecule has 1 saturated carbocycles. The van der Waals surface area contributed by atoms with E-state index in [-0.39, 0.29) is 5.84 Å². The van der Waals surface area contributed by atoms with Crippen molar-refractivity contribution < 1.29 is 4.79 Å². The van der Waals surface area contributed by atoms with E-state index in [4.69, 9.17) is 4.98 Å². The summed E-state index contributed by atoms with van der Waals surface area (Å²) in [6.07, 6.45) is 14.1. The summed E-state index contributed by atoms with van der Waals surface area (Å²) in [5.41, 5.74) is 3.18. The lowest BCUT2D eigenvalue weighted by Gasteiger charge is -2.22. The van der Waals surface area contributed by atoms with Crippen molar-refractivity contribution in [3.8, 4) is 11.3 Å². The maximum atomic E-state index is 11.7. The highest BCUT2D eigenvalue weighted by Gasteiger charge is 2.15. The van der Waals surface area contributed by atoms with Crippen LogP contribution in [-0.2, 0) is 11.3 Å². The minimum Gasteiger partial charge on any atom is -0.368 e. The molecule has 3 heterocycles. The first-order valence-electron chi connectivity index (χ1n) is 11.4. The van der Waals surface area contributed by atoms with Gasteiger partial charge in [0.2, 0.25) is 0 Å². The Kier molecular flexibility index (Phi) is 7.68. The van der Waals surface area contributed by atoms with E-state index in [0.29, 0.717) is 29.8 Å². The van der Waals surface area contributed by atoms with Crippen molar-refractivity contribution in [3.05, 3.63) is 60.4 Å². The summed E-state index contributed by atoms with van der Waals surface area (Å²) in [5, 5.41) is 6.58. The number of aldehydes is 1. The van der Waals surface area contributed by atoms with Crippen molar-refractivity contribution in [2.45, 2.75) is 45.6 Å². The minimum atomic E-state index is 0.243. The number of pyridine rings is 2. The van der Waals surface area contributed by atoms with E-state index >= 15 is 0 Å². The Hall–Kier alpha value is -3.68. The van der Waals surface area contributed by atoms with Gasteiger partial charge in [-0.25, -0.2) is 19.9 Å². The van der Waals surface area contributed by atoms with E-state index in [0.717, 1.165) is 29.7 Å². The topological polar surface area (TPSA) is 105 Å². The molecule has 0 spiro atoms. The molecule has 1 fully saturated rings. The number of rotatable bonds is 8. The third-order valence-corrected chi connectivity index (χ3v) is 5.78. The van der Waals surface area contributed by atoms with Gasteiger partial charge in [-0.3, -0.25) is 9.78 Å². The molecule has 0 aromatic carbocycles. The Morgan fingerprint density at radius 1 is 1.12 bits per heavy atom. The van der Waals surface area contributed by atoms with Crippen molar-refractivity contribution in [2.75, 3.05) is 11.9 Å². The fourth-order valence-corrected chi connectivity index (χ4v) is 3.92. The first-order valence-corrected chi connectivity index (χ1v) is 11.4. The van der Waals surface area contributed by atoms with Crippen LogP contribution in [0.15, 0.2) is 54.0 Å². The summed E-state index contributed by atoms with van der Waals surface area (Å²) in [4.78, 5) is 33.7. The molecular formula is C25H29N7O. The summed E-state index contributed by atoms with van der Waals surface area (Å²) >= 11 is 0. The molecule has 0 amide bonds. The van der Waals surface area contributed by atoms with Crippen molar-refractivity contribution in [2.24, 2.45) is 10.9 Å². The molecule has 2 N–H and O–H groups in total. The Morgan fingerprint density at radius 2 is 1.94 bits per heavy atom. The number of amidine groups is 1. The summed E-state index contributed by atoms with van der Waals surface area (Å²) in [7, 11) is 0. The number of nitrogens with zero attached hydrogens (tertiary/aromatic N) is 5. The van der Waals surface area contributed by atoms with Crippen molar-refractivity contribution in [1.29, 1.82) is 0 Å². The summed E-state index contributed by atoms with van der Waals surface area (Å²) in [6, 6.07) is 7.56. The number of anilines is 1. The summed E-state index contributed by atoms with van der Waals surface area (Å²) in [6.45, 7) is 3.15. The average Bonchev–Trinajstić information content (AvgIpc) is 2.87. The van der Waals surface area contributed by atoms with Crippen LogP contribution in [0.2, 0.25) is 0 Å². The molecule has 0 unspecified atom stereocenters. The van der Waals surface area contributed by atoms with Gasteiger partial charge < -0.3 is 10.6 Å². The SMILES string of the molecule is Cc1ncc(-c2ccc(/N=C(\C=O)NCc3cccnc3)c(NCC3CCCCC3)n2)cn1. The first kappa shape index (κ1) is 22.5. The molecule has 3 aromatic heterocycles. The standard InChI is InChI=1S/C25H29N7O/c1-18-27-15-21(16-28-18)22-9-10-23(25(32-22)30-13-19-6-3-2-4-7-19)31-24(17-33)29-14-20-8-5-11-26-12-20/h5,8-12,15-17,19H,2-4,6-7,13-14H2,1H3,(H,29,31)(H,30,32). The molecule has 8 nitrogen and oxygen atoms in total. The Morgan fingerprint density at radius 3 is 2.67 bits per heavy atom. The number of nitrogens with one attached hydrogen (secondary N) is 2. The molecule has 1 aliphatic rings. The van der Waals surface area contributed by atoms with Gasteiger partial charge in [-0.15, -0.1) is 0 Å². The predicted octanol–water partition coefficient (Wildman–Crippen LogP) is 4.25. The Labute approximate surface area is 194 Å². The van der Waals surface area contributed by atoms with Crippen LogP contribution >= 0.6 is 0 Å². The molecular weight excluding hydrogens is 414 g/mol. The van der Waals surface area contributed by atoms with Gasteiger partial charge in [-0.2, -0.15) is 0 Å². The number of hydrogen-bond acceptors (Lipinski definition) is 7. The molecule has 0 aliphatic heterocycles. The second kappa shape index (κ2) is 11.3. The normalized spacial score (nSPS) is 14.6. The number of aryl methyl sites for hydroxylation is 1. The molecule has 4 rings (SSSR count). The summed E-state index contributed by atoms with van der Waals surface area (Å²) < 4.78 is 0. The van der Waals surface area contributed by atoms with Gasteiger partial charge in [0.1, 0.15) is 11.5 Å². The van der Waals surface area contributed by atoms with E-state index < -0.39 is 0 Å². The molecule has 170 valence electrons. The minimum absolute atomic E-state index is 0.243. The van der Waals surface area contributed by atoms with Crippen molar-refractivity contribution in [3.63, 3.8) is 0 Å². The van der Waals surface area contributed by atoms with Gasteiger partial charge in [0, 0.05) is 43.4 Å². The van der Waals surface area contributed by atoms with Gasteiger partial charge in [0.25, 0.3) is 0 Å². The Bertz CT molecular complexity index is 1080. The zero-order valence-corrected chi connectivity index (χ0v) is 18.9. The molecule has 0 saturated heterocycles. The van der Waals surface area contributed by atoms with Crippen LogP contribution in [0.1, 0.15) is 43.5 Å². The largest absolute Gasteiger partial charge is 0.368 e. The van der Waals surface area contributed by atoms with Crippen LogP contribution in [0.5, 0.6) is 0 Å². The van der Waals surface area contributed by atoms with Crippen molar-refractivity contribution >= 4 is 23.6 Å². The van der Waals surface area contributed by atoms with Gasteiger partial charge in [0.15, 0.2) is 17.9 Å². The third-order valence-electron chi connectivity index (χ3n) is 5.78. The maximum Gasteiger partial charge on any atom is 0.185 e. The van der Waals surface area contributed by atoms with Crippen LogP contribution in [0.3, 0.4) is 0 Å². The van der Waals surface area contributed by atoms with E-state index in [1.807, 2.05) is 31.2 Å². The highest BCUT2D eigenvalue weighted by molar-refractivity contribution is 6.27. The highest BCUT2D eigenvalue weighted by atomic mass is 16.1. The average molecular weight is 444 g/mol. The lowest BCUT2D eigenvalue weighted by molar-refractivity contribution is -0.102. The number of aliphatic imine (C=N–C) groups is 1. The lowest BCUT2D eigenvalue weighted by atomic mass is 9.89. The monoisotopic (exact) mass is 443 g/mol. The van der Waals surface area contributed by atoms with Gasteiger partial charge in [0.05, 0.1) is 5.69 Å². The molecule has 3 aromatic rings. The van der Waals surface area contributed by atoms with E-state index in [1.54, 1.807) is 24.8 Å². The zero-order valence-electron chi connectivity index (χ0n) is 18.9. The molecule has 0 radical (unpaired) electrons. The predicted molar refractivity (Wildman–Crippen MR) is 129 cm³/mol. The quantitative estimate of drug-likeness (QED) is 0.304.